The first kappa shape index (κ1) is 16.9. The van der Waals surface area contributed by atoms with E-state index in [0.29, 0.717) is 25.1 Å². The number of benzene rings is 1. The van der Waals surface area contributed by atoms with Crippen LogP contribution in [-0.2, 0) is 9.53 Å². The van der Waals surface area contributed by atoms with E-state index in [1.165, 1.54) is 25.1 Å². The number of rotatable bonds is 8. The second-order valence-corrected chi connectivity index (χ2v) is 4.31. The lowest BCUT2D eigenvalue weighted by atomic mass is 10.1. The highest BCUT2D eigenvalue weighted by atomic mass is 19.1. The van der Waals surface area contributed by atoms with Gasteiger partial charge in [0.2, 0.25) is 0 Å². The van der Waals surface area contributed by atoms with Crippen molar-refractivity contribution in [3.8, 4) is 5.75 Å². The van der Waals surface area contributed by atoms with Crippen molar-refractivity contribution in [3.05, 3.63) is 29.6 Å². The molecule has 0 saturated carbocycles. The highest BCUT2D eigenvalue weighted by Gasteiger charge is 2.11. The number of oxime groups is 1. The fourth-order valence-corrected chi connectivity index (χ4v) is 1.60. The van der Waals surface area contributed by atoms with Crippen LogP contribution in [0.4, 0.5) is 4.39 Å². The highest BCUT2D eigenvalue weighted by molar-refractivity contribution is 6.00. The average molecular weight is 298 g/mol. The number of hydrogen-bond acceptors (Lipinski definition) is 5. The lowest BCUT2D eigenvalue weighted by molar-refractivity contribution is -0.123. The Bertz CT molecular complexity index is 506. The van der Waals surface area contributed by atoms with Crippen LogP contribution in [0.25, 0.3) is 0 Å². The van der Waals surface area contributed by atoms with E-state index in [0.717, 1.165) is 0 Å². The average Bonchev–Trinajstić information content (AvgIpc) is 2.49. The number of methoxy groups -OCH3 is 1. The van der Waals surface area contributed by atoms with Crippen LogP contribution in [0.3, 0.4) is 0 Å². The maximum absolute atomic E-state index is 13.2. The van der Waals surface area contributed by atoms with Gasteiger partial charge < -0.3 is 20.0 Å². The molecular formula is C14H19FN2O4. The Morgan fingerprint density at radius 2 is 2.24 bits per heavy atom. The predicted octanol–water partition coefficient (Wildman–Crippen LogP) is 1.56. The Kier molecular flexibility index (Phi) is 7.17. The molecule has 1 rings (SSSR count). The number of halogens is 1. The number of nitrogens with one attached hydrogen (secondary N) is 1. The minimum absolute atomic E-state index is 0.199. The smallest absolute Gasteiger partial charge is 0.257 e. The normalized spacial score (nSPS) is 11.3. The summed E-state index contributed by atoms with van der Waals surface area (Å²) in [6.07, 6.45) is 0.709. The topological polar surface area (TPSA) is 80.2 Å². The first-order chi connectivity index (χ1) is 10.1. The SMILES string of the molecule is COCCCNC(=O)COc1ccc(F)cc1/C(C)=N/O. The molecule has 0 unspecified atom stereocenters. The van der Waals surface area contributed by atoms with Gasteiger partial charge in [0.1, 0.15) is 11.6 Å². The van der Waals surface area contributed by atoms with Gasteiger partial charge in [-0.25, -0.2) is 4.39 Å². The summed E-state index contributed by atoms with van der Waals surface area (Å²) in [6, 6.07) is 3.78. The third-order valence-electron chi connectivity index (χ3n) is 2.69. The Hall–Kier alpha value is -2.15. The van der Waals surface area contributed by atoms with E-state index in [2.05, 4.69) is 10.5 Å². The molecule has 6 nitrogen and oxygen atoms in total. The van der Waals surface area contributed by atoms with Gasteiger partial charge in [0.15, 0.2) is 6.61 Å². The molecule has 0 saturated heterocycles. The molecule has 0 heterocycles. The van der Waals surface area contributed by atoms with Crippen molar-refractivity contribution < 1.29 is 23.9 Å². The van der Waals surface area contributed by atoms with E-state index in [1.807, 2.05) is 0 Å². The molecule has 1 aromatic rings. The van der Waals surface area contributed by atoms with Crippen LogP contribution < -0.4 is 10.1 Å². The van der Waals surface area contributed by atoms with Crippen molar-refractivity contribution >= 4 is 11.6 Å². The zero-order valence-corrected chi connectivity index (χ0v) is 12.1. The van der Waals surface area contributed by atoms with Gasteiger partial charge in [0.05, 0.1) is 5.71 Å². The number of nitrogens with zero attached hydrogens (tertiary/aromatic N) is 1. The summed E-state index contributed by atoms with van der Waals surface area (Å²) in [7, 11) is 1.59. The van der Waals surface area contributed by atoms with E-state index < -0.39 is 5.82 Å². The predicted molar refractivity (Wildman–Crippen MR) is 75.4 cm³/mol. The van der Waals surface area contributed by atoms with Crippen molar-refractivity contribution in [2.75, 3.05) is 26.9 Å². The minimum atomic E-state index is -0.482. The maximum atomic E-state index is 13.2. The molecule has 0 aliphatic rings. The second kappa shape index (κ2) is 8.91. The van der Waals surface area contributed by atoms with Crippen LogP contribution in [0.1, 0.15) is 18.9 Å². The van der Waals surface area contributed by atoms with Crippen molar-refractivity contribution in [1.82, 2.24) is 5.32 Å². The van der Waals surface area contributed by atoms with Gasteiger partial charge in [-0.1, -0.05) is 5.16 Å². The van der Waals surface area contributed by atoms with Crippen molar-refractivity contribution in [2.45, 2.75) is 13.3 Å². The van der Waals surface area contributed by atoms with Gasteiger partial charge in [-0.15, -0.1) is 0 Å². The molecule has 0 bridgehead atoms. The zero-order chi connectivity index (χ0) is 15.7. The molecule has 0 spiro atoms. The van der Waals surface area contributed by atoms with Gasteiger partial charge in [-0.2, -0.15) is 0 Å². The molecule has 0 aliphatic carbocycles. The van der Waals surface area contributed by atoms with Gasteiger partial charge in [-0.05, 0) is 31.5 Å². The minimum Gasteiger partial charge on any atom is -0.483 e. The standard InChI is InChI=1S/C14H19FN2O4/c1-10(17-19)12-8-11(15)4-5-13(12)21-9-14(18)16-6-3-7-20-2/h4-5,8,19H,3,6-7,9H2,1-2H3,(H,16,18)/b17-10+. The summed E-state index contributed by atoms with van der Waals surface area (Å²) in [5, 5.41) is 14.4. The van der Waals surface area contributed by atoms with Crippen molar-refractivity contribution in [2.24, 2.45) is 5.16 Å². The quantitative estimate of drug-likeness (QED) is 0.330. The first-order valence-corrected chi connectivity index (χ1v) is 6.45. The number of ether oxygens (including phenoxy) is 2. The maximum Gasteiger partial charge on any atom is 0.257 e. The summed E-state index contributed by atoms with van der Waals surface area (Å²) >= 11 is 0. The highest BCUT2D eigenvalue weighted by Crippen LogP contribution is 2.20. The molecular weight excluding hydrogens is 279 g/mol. The van der Waals surface area contributed by atoms with E-state index in [1.54, 1.807) is 7.11 Å². The summed E-state index contributed by atoms with van der Waals surface area (Å²) < 4.78 is 23.4. The van der Waals surface area contributed by atoms with E-state index in [4.69, 9.17) is 14.7 Å². The Balaban J connectivity index is 2.57. The van der Waals surface area contributed by atoms with E-state index >= 15 is 0 Å². The Labute approximate surface area is 122 Å². The molecule has 2 N–H and O–H groups in total. The van der Waals surface area contributed by atoms with E-state index in [-0.39, 0.29) is 24.0 Å². The molecule has 0 radical (unpaired) electrons. The third kappa shape index (κ3) is 5.78. The lowest BCUT2D eigenvalue weighted by Crippen LogP contribution is -2.30. The zero-order valence-electron chi connectivity index (χ0n) is 12.1. The van der Waals surface area contributed by atoms with Crippen LogP contribution in [0.5, 0.6) is 5.75 Å². The molecule has 21 heavy (non-hydrogen) atoms. The van der Waals surface area contributed by atoms with Gasteiger partial charge >= 0.3 is 0 Å². The second-order valence-electron chi connectivity index (χ2n) is 4.31. The Morgan fingerprint density at radius 1 is 1.48 bits per heavy atom. The van der Waals surface area contributed by atoms with Crippen LogP contribution in [-0.4, -0.2) is 43.7 Å². The molecule has 0 atom stereocenters. The summed E-state index contributed by atoms with van der Waals surface area (Å²) in [4.78, 5) is 11.6. The van der Waals surface area contributed by atoms with Gasteiger partial charge in [0, 0.05) is 25.8 Å². The molecule has 7 heteroatoms. The fourth-order valence-electron chi connectivity index (χ4n) is 1.60. The van der Waals surface area contributed by atoms with Crippen molar-refractivity contribution in [3.63, 3.8) is 0 Å². The summed E-state index contributed by atoms with van der Waals surface area (Å²) in [5.74, 6) is -0.497. The van der Waals surface area contributed by atoms with Crippen LogP contribution in [0.2, 0.25) is 0 Å². The number of carbonyl (C=O) groups is 1. The molecule has 0 aliphatic heterocycles. The number of hydrogen-bond donors (Lipinski definition) is 2. The molecule has 0 fully saturated rings. The largest absolute Gasteiger partial charge is 0.483 e. The van der Waals surface area contributed by atoms with Gasteiger partial charge in [0.25, 0.3) is 5.91 Å². The molecule has 116 valence electrons. The summed E-state index contributed by atoms with van der Waals surface area (Å²) in [5.41, 5.74) is 0.495. The molecule has 1 amide bonds. The number of carbonyl (C=O) groups excluding carboxylic acids is 1. The lowest BCUT2D eigenvalue weighted by Gasteiger charge is -2.11. The van der Waals surface area contributed by atoms with Crippen LogP contribution in [0, 0.1) is 5.82 Å². The van der Waals surface area contributed by atoms with E-state index in [9.17, 15) is 9.18 Å². The fraction of sp³-hybridized carbons (Fsp3) is 0.429. The molecule has 1 aromatic carbocycles. The third-order valence-corrected chi connectivity index (χ3v) is 2.69. The monoisotopic (exact) mass is 298 g/mol. The van der Waals surface area contributed by atoms with Crippen LogP contribution >= 0.6 is 0 Å². The van der Waals surface area contributed by atoms with Gasteiger partial charge in [-0.3, -0.25) is 4.79 Å². The van der Waals surface area contributed by atoms with Crippen molar-refractivity contribution in [1.29, 1.82) is 0 Å². The summed E-state index contributed by atoms with van der Waals surface area (Å²) in [6.45, 7) is 2.36. The first-order valence-electron chi connectivity index (χ1n) is 6.45. The Morgan fingerprint density at radius 3 is 2.90 bits per heavy atom. The number of amides is 1. The molecule has 0 aromatic heterocycles. The van der Waals surface area contributed by atoms with Crippen LogP contribution in [0.15, 0.2) is 23.4 Å².